The number of hydrogen-bond acceptors (Lipinski definition) is 3. The van der Waals surface area contributed by atoms with Crippen molar-refractivity contribution >= 4 is 28.8 Å². The molecule has 1 heterocycles. The molecule has 1 atom stereocenters. The number of aromatic carboxylic acids is 1. The number of carbonyl (C=O) groups is 1. The van der Waals surface area contributed by atoms with Gasteiger partial charge in [-0.1, -0.05) is 6.92 Å². The molecule has 1 N–H and O–H groups in total. The van der Waals surface area contributed by atoms with Crippen molar-refractivity contribution < 1.29 is 9.90 Å². The Labute approximate surface area is 104 Å². The van der Waals surface area contributed by atoms with Gasteiger partial charge in [0.2, 0.25) is 0 Å². The van der Waals surface area contributed by atoms with Gasteiger partial charge in [0.05, 0.1) is 22.9 Å². The van der Waals surface area contributed by atoms with Crippen molar-refractivity contribution in [2.45, 2.75) is 18.7 Å². The Morgan fingerprint density at radius 2 is 2.35 bits per heavy atom. The summed E-state index contributed by atoms with van der Waals surface area (Å²) in [5.74, 6) is -0.905. The Kier molecular flexibility index (Phi) is 3.38. The molecule has 0 aliphatic carbocycles. The summed E-state index contributed by atoms with van der Waals surface area (Å²) in [7, 11) is 0. The van der Waals surface area contributed by atoms with Gasteiger partial charge in [-0.3, -0.25) is 0 Å². The van der Waals surface area contributed by atoms with E-state index in [-0.39, 0.29) is 0 Å². The maximum atomic E-state index is 10.9. The lowest BCUT2D eigenvalue weighted by atomic mass is 10.2. The van der Waals surface area contributed by atoms with Gasteiger partial charge in [0.25, 0.3) is 0 Å². The second-order valence-corrected chi connectivity index (χ2v) is 5.23. The predicted octanol–water partition coefficient (Wildman–Crippen LogP) is 2.49. The van der Waals surface area contributed by atoms with Gasteiger partial charge in [-0.15, -0.1) is 0 Å². The van der Waals surface area contributed by atoms with Crippen molar-refractivity contribution in [2.75, 3.05) is 6.26 Å². The van der Waals surface area contributed by atoms with Crippen molar-refractivity contribution in [1.29, 1.82) is 0 Å². The van der Waals surface area contributed by atoms with Gasteiger partial charge >= 0.3 is 5.97 Å². The van der Waals surface area contributed by atoms with Crippen LogP contribution in [-0.2, 0) is 6.54 Å². The molecule has 0 aliphatic rings. The van der Waals surface area contributed by atoms with E-state index >= 15 is 0 Å². The number of thioether (sulfide) groups is 1. The van der Waals surface area contributed by atoms with Gasteiger partial charge in [-0.05, 0) is 24.5 Å². The van der Waals surface area contributed by atoms with Gasteiger partial charge < -0.3 is 9.67 Å². The third kappa shape index (κ3) is 2.44. The first-order valence-corrected chi connectivity index (χ1v) is 6.61. The molecule has 0 fully saturated rings. The minimum atomic E-state index is -0.905. The Morgan fingerprint density at radius 1 is 1.59 bits per heavy atom. The van der Waals surface area contributed by atoms with Gasteiger partial charge in [0, 0.05) is 11.8 Å². The Balaban J connectivity index is 2.43. The van der Waals surface area contributed by atoms with Crippen molar-refractivity contribution in [3.05, 3.63) is 30.1 Å². The first-order valence-electron chi connectivity index (χ1n) is 5.33. The van der Waals surface area contributed by atoms with Crippen molar-refractivity contribution in [3.8, 4) is 0 Å². The molecule has 0 aliphatic heterocycles. The summed E-state index contributed by atoms with van der Waals surface area (Å²) in [6, 6.07) is 5.01. The molecule has 0 radical (unpaired) electrons. The van der Waals surface area contributed by atoms with Gasteiger partial charge in [-0.2, -0.15) is 11.8 Å². The Hall–Kier alpha value is -1.49. The minimum absolute atomic E-state index is 0.302. The molecule has 2 rings (SSSR count). The van der Waals surface area contributed by atoms with Crippen LogP contribution in [0.15, 0.2) is 24.5 Å². The van der Waals surface area contributed by atoms with Crippen molar-refractivity contribution in [3.63, 3.8) is 0 Å². The Bertz CT molecular complexity index is 550. The molecule has 2 aromatic rings. The summed E-state index contributed by atoms with van der Waals surface area (Å²) in [6.45, 7) is 2.97. The van der Waals surface area contributed by atoms with E-state index in [4.69, 9.17) is 5.11 Å². The highest BCUT2D eigenvalue weighted by Crippen LogP contribution is 2.17. The largest absolute Gasteiger partial charge is 0.478 e. The highest BCUT2D eigenvalue weighted by atomic mass is 32.2. The van der Waals surface area contributed by atoms with Crippen LogP contribution in [0.25, 0.3) is 11.0 Å². The maximum absolute atomic E-state index is 10.9. The highest BCUT2D eigenvalue weighted by molar-refractivity contribution is 7.99. The van der Waals surface area contributed by atoms with E-state index in [1.54, 1.807) is 36.3 Å². The quantitative estimate of drug-likeness (QED) is 0.905. The lowest BCUT2D eigenvalue weighted by Crippen LogP contribution is -2.08. The fourth-order valence-corrected chi connectivity index (χ4v) is 2.00. The monoisotopic (exact) mass is 250 g/mol. The number of nitrogens with zero attached hydrogens (tertiary/aromatic N) is 2. The fraction of sp³-hybridized carbons (Fsp3) is 0.333. The molecule has 1 aromatic heterocycles. The van der Waals surface area contributed by atoms with Crippen LogP contribution in [0.4, 0.5) is 0 Å². The zero-order chi connectivity index (χ0) is 12.4. The first-order chi connectivity index (χ1) is 8.11. The van der Waals surface area contributed by atoms with Crippen LogP contribution in [0.2, 0.25) is 0 Å². The number of aromatic nitrogens is 2. The lowest BCUT2D eigenvalue weighted by molar-refractivity contribution is 0.0697. The summed E-state index contributed by atoms with van der Waals surface area (Å²) in [4.78, 5) is 15.2. The summed E-state index contributed by atoms with van der Waals surface area (Å²) >= 11 is 1.78. The van der Waals surface area contributed by atoms with E-state index in [0.717, 1.165) is 17.6 Å². The number of carboxylic acid groups (broad SMARTS) is 1. The summed E-state index contributed by atoms with van der Waals surface area (Å²) in [6.07, 6.45) is 3.83. The van der Waals surface area contributed by atoms with E-state index in [9.17, 15) is 4.79 Å². The van der Waals surface area contributed by atoms with Crippen LogP contribution in [0.1, 0.15) is 17.3 Å². The maximum Gasteiger partial charge on any atom is 0.335 e. The molecule has 1 unspecified atom stereocenters. The molecule has 0 saturated heterocycles. The normalized spacial score (nSPS) is 12.8. The number of rotatable bonds is 4. The zero-order valence-corrected chi connectivity index (χ0v) is 10.6. The van der Waals surface area contributed by atoms with E-state index in [2.05, 4.69) is 18.2 Å². The smallest absolute Gasteiger partial charge is 0.335 e. The number of benzene rings is 1. The van der Waals surface area contributed by atoms with Crippen molar-refractivity contribution in [2.24, 2.45) is 0 Å². The van der Waals surface area contributed by atoms with Gasteiger partial charge in [0.15, 0.2) is 0 Å². The van der Waals surface area contributed by atoms with E-state index in [1.807, 2.05) is 4.57 Å². The summed E-state index contributed by atoms with van der Waals surface area (Å²) in [5, 5.41) is 9.44. The van der Waals surface area contributed by atoms with E-state index in [1.165, 1.54) is 0 Å². The third-order valence-electron chi connectivity index (χ3n) is 2.72. The lowest BCUT2D eigenvalue weighted by Gasteiger charge is -2.09. The summed E-state index contributed by atoms with van der Waals surface area (Å²) in [5.41, 5.74) is 2.02. The fourth-order valence-electron chi connectivity index (χ4n) is 1.69. The summed E-state index contributed by atoms with van der Waals surface area (Å²) < 4.78 is 2.00. The number of fused-ring (bicyclic) bond motifs is 1. The van der Waals surface area contributed by atoms with E-state index in [0.29, 0.717) is 10.8 Å². The van der Waals surface area contributed by atoms with Crippen LogP contribution >= 0.6 is 11.8 Å². The highest BCUT2D eigenvalue weighted by Gasteiger charge is 2.09. The minimum Gasteiger partial charge on any atom is -0.478 e. The van der Waals surface area contributed by atoms with Gasteiger partial charge in [0.1, 0.15) is 0 Å². The third-order valence-corrected chi connectivity index (χ3v) is 3.68. The molecule has 5 heteroatoms. The molecule has 0 spiro atoms. The van der Waals surface area contributed by atoms with Gasteiger partial charge in [-0.25, -0.2) is 9.78 Å². The Morgan fingerprint density at radius 3 is 3.00 bits per heavy atom. The molecule has 1 aromatic carbocycles. The molecule has 17 heavy (non-hydrogen) atoms. The second-order valence-electron chi connectivity index (χ2n) is 3.95. The molecular weight excluding hydrogens is 236 g/mol. The van der Waals surface area contributed by atoms with Crippen molar-refractivity contribution in [1.82, 2.24) is 9.55 Å². The molecule has 0 amide bonds. The molecule has 4 nitrogen and oxygen atoms in total. The average Bonchev–Trinajstić information content (AvgIpc) is 2.71. The number of carboxylic acids is 1. The zero-order valence-electron chi connectivity index (χ0n) is 9.75. The van der Waals surface area contributed by atoms with E-state index < -0.39 is 5.97 Å². The number of hydrogen-bond donors (Lipinski definition) is 1. The number of imidazole rings is 1. The first kappa shape index (κ1) is 12.0. The molecule has 90 valence electrons. The standard InChI is InChI=1S/C12H14N2O2S/c1-8(17-2)6-14-7-13-10-4-3-9(12(15)16)5-11(10)14/h3-5,7-8H,6H2,1-2H3,(H,15,16). The SMILES string of the molecule is CSC(C)Cn1cnc2ccc(C(=O)O)cc21. The average molecular weight is 250 g/mol. The second kappa shape index (κ2) is 4.79. The topological polar surface area (TPSA) is 55.1 Å². The molecule has 0 saturated carbocycles. The predicted molar refractivity (Wildman–Crippen MR) is 69.7 cm³/mol. The van der Waals surface area contributed by atoms with Crippen LogP contribution < -0.4 is 0 Å². The molecular formula is C12H14N2O2S. The van der Waals surface area contributed by atoms with Crippen LogP contribution in [0.5, 0.6) is 0 Å². The molecule has 0 bridgehead atoms. The van der Waals surface area contributed by atoms with Crippen LogP contribution in [0, 0.1) is 0 Å². The van der Waals surface area contributed by atoms with Crippen LogP contribution in [0.3, 0.4) is 0 Å². The van der Waals surface area contributed by atoms with Crippen LogP contribution in [-0.4, -0.2) is 32.1 Å².